The van der Waals surface area contributed by atoms with E-state index in [1.54, 1.807) is 12.2 Å². The molecule has 106 valence electrons. The first-order valence-electron chi connectivity index (χ1n) is 5.94. The van der Waals surface area contributed by atoms with Crippen LogP contribution in [0.5, 0.6) is 0 Å². The summed E-state index contributed by atoms with van der Waals surface area (Å²) in [6.07, 6.45) is 5.44. The maximum atomic E-state index is 13.5. The molecule has 1 aromatic heterocycles. The lowest BCUT2D eigenvalue weighted by Crippen LogP contribution is -2.33. The zero-order chi connectivity index (χ0) is 14.5. The summed E-state index contributed by atoms with van der Waals surface area (Å²) >= 11 is 5.64. The van der Waals surface area contributed by atoms with Gasteiger partial charge in [-0.15, -0.1) is 0 Å². The molecule has 0 bridgehead atoms. The number of hydrogen-bond acceptors (Lipinski definition) is 2. The Morgan fingerprint density at radius 2 is 2.21 bits per heavy atom. The van der Waals surface area contributed by atoms with E-state index >= 15 is 0 Å². The molecule has 0 fully saturated rings. The number of rotatable bonds is 5. The zero-order valence-electron chi connectivity index (χ0n) is 11.2. The van der Waals surface area contributed by atoms with Gasteiger partial charge in [-0.1, -0.05) is 17.7 Å². The minimum absolute atomic E-state index is 0.0570. The molecule has 1 atom stereocenters. The molecule has 0 amide bonds. The van der Waals surface area contributed by atoms with Crippen LogP contribution in [-0.4, -0.2) is 20.5 Å². The van der Waals surface area contributed by atoms with Crippen LogP contribution in [-0.2, 0) is 11.0 Å². The molecule has 0 spiro atoms. The standard InChI is InChI=1S/C13H18ClFN2OS/c1-13(2,3)19(18)17-8-5-4-6-11-12(15)10(14)7-9-16-11/h4,6-7,9,17H,5,8H2,1-3H3/t19-/m0/s1. The van der Waals surface area contributed by atoms with Crippen LogP contribution in [0, 0.1) is 5.82 Å². The van der Waals surface area contributed by atoms with E-state index in [9.17, 15) is 8.60 Å². The Labute approximate surface area is 120 Å². The summed E-state index contributed by atoms with van der Waals surface area (Å²) in [6.45, 7) is 6.26. The van der Waals surface area contributed by atoms with Gasteiger partial charge in [0.15, 0.2) is 5.82 Å². The molecule has 0 saturated heterocycles. The molecular weight excluding hydrogens is 287 g/mol. The maximum absolute atomic E-state index is 13.5. The van der Waals surface area contributed by atoms with E-state index in [1.807, 2.05) is 20.8 Å². The summed E-state index contributed by atoms with van der Waals surface area (Å²) in [5.74, 6) is -0.522. The molecule has 0 radical (unpaired) electrons. The minimum Gasteiger partial charge on any atom is -0.254 e. The van der Waals surface area contributed by atoms with E-state index in [-0.39, 0.29) is 15.5 Å². The molecule has 1 rings (SSSR count). The smallest absolute Gasteiger partial charge is 0.167 e. The second kappa shape index (κ2) is 7.12. The van der Waals surface area contributed by atoms with Crippen molar-refractivity contribution in [3.63, 3.8) is 0 Å². The molecule has 6 heteroatoms. The number of nitrogens with zero attached hydrogens (tertiary/aromatic N) is 1. The van der Waals surface area contributed by atoms with Crippen LogP contribution in [0.1, 0.15) is 32.9 Å². The predicted octanol–water partition coefficient (Wildman–Crippen LogP) is 3.33. The Morgan fingerprint density at radius 1 is 1.53 bits per heavy atom. The van der Waals surface area contributed by atoms with E-state index in [0.29, 0.717) is 13.0 Å². The van der Waals surface area contributed by atoms with Crippen molar-refractivity contribution in [3.05, 3.63) is 34.9 Å². The molecule has 0 unspecified atom stereocenters. The highest BCUT2D eigenvalue weighted by Gasteiger charge is 2.18. The van der Waals surface area contributed by atoms with E-state index in [4.69, 9.17) is 11.6 Å². The Hall–Kier alpha value is -0.780. The van der Waals surface area contributed by atoms with E-state index in [2.05, 4.69) is 9.71 Å². The molecule has 0 saturated carbocycles. The van der Waals surface area contributed by atoms with Gasteiger partial charge in [-0.3, -0.25) is 4.98 Å². The molecule has 0 aliphatic heterocycles. The van der Waals surface area contributed by atoms with Crippen LogP contribution in [0.15, 0.2) is 18.3 Å². The highest BCUT2D eigenvalue weighted by molar-refractivity contribution is 7.84. The van der Waals surface area contributed by atoms with Crippen molar-refractivity contribution in [3.8, 4) is 0 Å². The molecule has 1 N–H and O–H groups in total. The molecule has 19 heavy (non-hydrogen) atoms. The first-order chi connectivity index (χ1) is 8.82. The lowest BCUT2D eigenvalue weighted by atomic mass is 10.3. The first-order valence-corrected chi connectivity index (χ1v) is 7.47. The minimum atomic E-state index is -1.09. The van der Waals surface area contributed by atoms with E-state index < -0.39 is 16.8 Å². The second-order valence-electron chi connectivity index (χ2n) is 4.96. The van der Waals surface area contributed by atoms with Crippen molar-refractivity contribution in [2.45, 2.75) is 31.9 Å². The fraction of sp³-hybridized carbons (Fsp3) is 0.462. The largest absolute Gasteiger partial charge is 0.254 e. The predicted molar refractivity (Wildman–Crippen MR) is 78.8 cm³/mol. The van der Waals surface area contributed by atoms with Gasteiger partial charge in [0.25, 0.3) is 0 Å². The molecule has 0 aromatic carbocycles. The Balaban J connectivity index is 2.43. The number of pyridine rings is 1. The number of nitrogens with one attached hydrogen (secondary N) is 1. The normalized spacial score (nSPS) is 13.9. The van der Waals surface area contributed by atoms with Crippen LogP contribution < -0.4 is 4.72 Å². The van der Waals surface area contributed by atoms with Crippen molar-refractivity contribution < 1.29 is 8.60 Å². The van der Waals surface area contributed by atoms with Crippen LogP contribution in [0.2, 0.25) is 5.02 Å². The van der Waals surface area contributed by atoms with Gasteiger partial charge in [-0.25, -0.2) is 13.3 Å². The van der Waals surface area contributed by atoms with Crippen LogP contribution >= 0.6 is 11.6 Å². The monoisotopic (exact) mass is 304 g/mol. The molecule has 0 aliphatic rings. The molecular formula is C13H18ClFN2OS. The quantitative estimate of drug-likeness (QED) is 0.848. The highest BCUT2D eigenvalue weighted by Crippen LogP contribution is 2.16. The Morgan fingerprint density at radius 3 is 2.84 bits per heavy atom. The van der Waals surface area contributed by atoms with E-state index in [0.717, 1.165) is 0 Å². The topological polar surface area (TPSA) is 42.0 Å². The van der Waals surface area contributed by atoms with Gasteiger partial charge in [0, 0.05) is 12.7 Å². The summed E-state index contributed by atoms with van der Waals surface area (Å²) in [7, 11) is -1.09. The van der Waals surface area contributed by atoms with Gasteiger partial charge >= 0.3 is 0 Å². The molecule has 1 heterocycles. The third-order valence-electron chi connectivity index (χ3n) is 2.25. The lowest BCUT2D eigenvalue weighted by molar-refractivity contribution is 0.618. The van der Waals surface area contributed by atoms with Gasteiger partial charge in [-0.05, 0) is 39.3 Å². The summed E-state index contributed by atoms with van der Waals surface area (Å²) in [5.41, 5.74) is 0.212. The SMILES string of the molecule is CC(C)(C)[S@](=O)NCCC=Cc1nccc(Cl)c1F. The van der Waals surface area contributed by atoms with Gasteiger partial charge < -0.3 is 0 Å². The molecule has 0 aliphatic carbocycles. The van der Waals surface area contributed by atoms with Crippen LogP contribution in [0.25, 0.3) is 6.08 Å². The van der Waals surface area contributed by atoms with Crippen LogP contribution in [0.3, 0.4) is 0 Å². The molecule has 3 nitrogen and oxygen atoms in total. The first kappa shape index (κ1) is 16.3. The fourth-order valence-electron chi connectivity index (χ4n) is 1.20. The highest BCUT2D eigenvalue weighted by atomic mass is 35.5. The van der Waals surface area contributed by atoms with Crippen molar-refractivity contribution in [2.75, 3.05) is 6.54 Å². The summed E-state index contributed by atoms with van der Waals surface area (Å²) < 4.78 is 27.8. The van der Waals surface area contributed by atoms with Gasteiger partial charge in [0.2, 0.25) is 0 Å². The summed E-state index contributed by atoms with van der Waals surface area (Å²) in [4.78, 5) is 3.88. The van der Waals surface area contributed by atoms with Gasteiger partial charge in [0.05, 0.1) is 26.4 Å². The lowest BCUT2D eigenvalue weighted by Gasteiger charge is -2.17. The number of hydrogen-bond donors (Lipinski definition) is 1. The average molecular weight is 305 g/mol. The summed E-state index contributed by atoms with van der Waals surface area (Å²) in [6, 6.07) is 1.41. The third kappa shape index (κ3) is 5.38. The summed E-state index contributed by atoms with van der Waals surface area (Å²) in [5, 5.41) is 0.0570. The van der Waals surface area contributed by atoms with Crippen LogP contribution in [0.4, 0.5) is 4.39 Å². The van der Waals surface area contributed by atoms with E-state index in [1.165, 1.54) is 12.3 Å². The zero-order valence-corrected chi connectivity index (χ0v) is 12.8. The number of aromatic nitrogens is 1. The molecule has 1 aromatic rings. The Bertz CT molecular complexity index is 486. The van der Waals surface area contributed by atoms with Crippen molar-refractivity contribution in [1.29, 1.82) is 0 Å². The van der Waals surface area contributed by atoms with Gasteiger partial charge in [-0.2, -0.15) is 0 Å². The van der Waals surface area contributed by atoms with Gasteiger partial charge in [0.1, 0.15) is 0 Å². The second-order valence-corrected chi connectivity index (χ2v) is 7.42. The fourth-order valence-corrected chi connectivity index (χ4v) is 2.09. The maximum Gasteiger partial charge on any atom is 0.167 e. The van der Waals surface area contributed by atoms with Crippen molar-refractivity contribution in [2.24, 2.45) is 0 Å². The average Bonchev–Trinajstić information content (AvgIpc) is 2.32. The Kier molecular flexibility index (Phi) is 6.10. The third-order valence-corrected chi connectivity index (χ3v) is 4.12. The van der Waals surface area contributed by atoms with Crippen molar-refractivity contribution in [1.82, 2.24) is 9.71 Å². The number of halogens is 2. The van der Waals surface area contributed by atoms with Crippen molar-refractivity contribution >= 4 is 28.7 Å².